The third-order valence-corrected chi connectivity index (χ3v) is 2.75. The predicted octanol–water partition coefficient (Wildman–Crippen LogP) is 3.08. The number of hydrogen-bond donors (Lipinski definition) is 0. The molecule has 0 aliphatic heterocycles. The van der Waals surface area contributed by atoms with E-state index in [2.05, 4.69) is 5.10 Å². The van der Waals surface area contributed by atoms with Crippen molar-refractivity contribution in [3.63, 3.8) is 0 Å². The van der Waals surface area contributed by atoms with Gasteiger partial charge in [0, 0.05) is 6.20 Å². The highest BCUT2D eigenvalue weighted by atomic mass is 35.5. The van der Waals surface area contributed by atoms with Crippen LogP contribution in [0.15, 0.2) is 30.5 Å². The molecule has 5 heteroatoms. The molecule has 2 aromatic rings. The fraction of sp³-hybridized carbons (Fsp3) is 0.0909. The molecule has 0 radical (unpaired) electrons. The number of nitrogens with zero attached hydrogens (tertiary/aromatic N) is 2. The molecule has 0 unspecified atom stereocenters. The first-order valence-electron chi connectivity index (χ1n) is 4.61. The average molecular weight is 255 g/mol. The van der Waals surface area contributed by atoms with Crippen LogP contribution in [0.5, 0.6) is 0 Å². The van der Waals surface area contributed by atoms with Crippen LogP contribution in [0.2, 0.25) is 5.02 Å². The minimum Gasteiger partial charge on any atom is -0.298 e. The summed E-state index contributed by atoms with van der Waals surface area (Å²) >= 11 is 11.7. The molecule has 0 amide bonds. The van der Waals surface area contributed by atoms with E-state index in [4.69, 9.17) is 23.2 Å². The van der Waals surface area contributed by atoms with Crippen molar-refractivity contribution < 1.29 is 4.79 Å². The second-order valence-corrected chi connectivity index (χ2v) is 3.85. The number of aldehydes is 1. The Bertz CT molecular complexity index is 522. The highest BCUT2D eigenvalue weighted by molar-refractivity contribution is 6.32. The lowest BCUT2D eigenvalue weighted by atomic mass is 10.3. The number of para-hydroxylation sites is 1. The minimum atomic E-state index is 0.200. The van der Waals surface area contributed by atoms with Gasteiger partial charge in [0.05, 0.1) is 27.8 Å². The fourth-order valence-electron chi connectivity index (χ4n) is 1.39. The van der Waals surface area contributed by atoms with Gasteiger partial charge < -0.3 is 0 Å². The molecule has 2 rings (SSSR count). The number of hydrogen-bond acceptors (Lipinski definition) is 2. The highest BCUT2D eigenvalue weighted by Crippen LogP contribution is 2.20. The first-order valence-corrected chi connectivity index (χ1v) is 5.52. The van der Waals surface area contributed by atoms with Gasteiger partial charge in [0.15, 0.2) is 6.29 Å². The Kier molecular flexibility index (Phi) is 3.27. The molecule has 0 spiro atoms. The Hall–Kier alpha value is -1.32. The largest absolute Gasteiger partial charge is 0.298 e. The molecule has 82 valence electrons. The number of aromatic nitrogens is 2. The molecule has 0 bridgehead atoms. The van der Waals surface area contributed by atoms with Crippen LogP contribution in [-0.4, -0.2) is 16.1 Å². The maximum Gasteiger partial charge on any atom is 0.153 e. The van der Waals surface area contributed by atoms with Crippen LogP contribution in [0.4, 0.5) is 0 Å². The summed E-state index contributed by atoms with van der Waals surface area (Å²) in [6.45, 7) is 0. The standard InChI is InChI=1S/C11H8Cl2N2O/c12-5-10-8(7-16)6-15(14-10)11-4-2-1-3-9(11)13/h1-4,6-7H,5H2. The van der Waals surface area contributed by atoms with E-state index in [1.54, 1.807) is 16.9 Å². The van der Waals surface area contributed by atoms with Crippen molar-refractivity contribution >= 4 is 29.5 Å². The van der Waals surface area contributed by atoms with Crippen molar-refractivity contribution in [1.29, 1.82) is 0 Å². The van der Waals surface area contributed by atoms with Crippen LogP contribution in [0.25, 0.3) is 5.69 Å². The zero-order chi connectivity index (χ0) is 11.5. The van der Waals surface area contributed by atoms with Crippen molar-refractivity contribution in [3.05, 3.63) is 46.7 Å². The highest BCUT2D eigenvalue weighted by Gasteiger charge is 2.09. The maximum absolute atomic E-state index is 10.8. The Morgan fingerprint density at radius 1 is 1.38 bits per heavy atom. The first-order chi connectivity index (χ1) is 7.76. The van der Waals surface area contributed by atoms with Gasteiger partial charge in [-0.05, 0) is 12.1 Å². The van der Waals surface area contributed by atoms with Crippen molar-refractivity contribution in [3.8, 4) is 5.69 Å². The van der Waals surface area contributed by atoms with Crippen LogP contribution in [0, 0.1) is 0 Å². The van der Waals surface area contributed by atoms with Gasteiger partial charge in [0.25, 0.3) is 0 Å². The van der Waals surface area contributed by atoms with Crippen LogP contribution >= 0.6 is 23.2 Å². The van der Waals surface area contributed by atoms with E-state index < -0.39 is 0 Å². The van der Waals surface area contributed by atoms with Gasteiger partial charge in [0.1, 0.15) is 0 Å². The smallest absolute Gasteiger partial charge is 0.153 e. The number of carbonyl (C=O) groups excluding carboxylic acids is 1. The lowest BCUT2D eigenvalue weighted by Gasteiger charge is -2.02. The number of halogens is 2. The summed E-state index contributed by atoms with van der Waals surface area (Å²) in [4.78, 5) is 10.8. The van der Waals surface area contributed by atoms with Crippen LogP contribution in [0.1, 0.15) is 16.1 Å². The lowest BCUT2D eigenvalue weighted by molar-refractivity contribution is 0.112. The molecular weight excluding hydrogens is 247 g/mol. The summed E-state index contributed by atoms with van der Waals surface area (Å²) in [5.74, 6) is 0.200. The van der Waals surface area contributed by atoms with Crippen molar-refractivity contribution in [2.45, 2.75) is 5.88 Å². The van der Waals surface area contributed by atoms with E-state index in [-0.39, 0.29) is 5.88 Å². The molecule has 16 heavy (non-hydrogen) atoms. The number of carbonyl (C=O) groups is 1. The lowest BCUT2D eigenvalue weighted by Crippen LogP contribution is -1.95. The van der Waals surface area contributed by atoms with E-state index in [0.717, 1.165) is 12.0 Å². The zero-order valence-corrected chi connectivity index (χ0v) is 9.74. The fourth-order valence-corrected chi connectivity index (χ4v) is 1.82. The summed E-state index contributed by atoms with van der Waals surface area (Å²) < 4.78 is 1.56. The predicted molar refractivity (Wildman–Crippen MR) is 63.5 cm³/mol. The van der Waals surface area contributed by atoms with E-state index in [1.807, 2.05) is 18.2 Å². The van der Waals surface area contributed by atoms with Crippen molar-refractivity contribution in [2.75, 3.05) is 0 Å². The maximum atomic E-state index is 10.8. The van der Waals surface area contributed by atoms with E-state index in [0.29, 0.717) is 16.3 Å². The van der Waals surface area contributed by atoms with E-state index >= 15 is 0 Å². The summed E-state index contributed by atoms with van der Waals surface area (Å²) in [6.07, 6.45) is 2.35. The average Bonchev–Trinajstić information content (AvgIpc) is 2.72. The Balaban J connectivity index is 2.53. The second-order valence-electron chi connectivity index (χ2n) is 3.18. The molecule has 0 aliphatic rings. The molecule has 0 fully saturated rings. The van der Waals surface area contributed by atoms with Crippen molar-refractivity contribution in [2.24, 2.45) is 0 Å². The topological polar surface area (TPSA) is 34.9 Å². The summed E-state index contributed by atoms with van der Waals surface area (Å²) in [6, 6.07) is 7.27. The second kappa shape index (κ2) is 4.68. The Morgan fingerprint density at radius 3 is 2.69 bits per heavy atom. The molecule has 3 nitrogen and oxygen atoms in total. The quantitative estimate of drug-likeness (QED) is 0.624. The van der Waals surface area contributed by atoms with Crippen LogP contribution < -0.4 is 0 Å². The van der Waals surface area contributed by atoms with Crippen LogP contribution in [0.3, 0.4) is 0 Å². The Morgan fingerprint density at radius 2 is 2.12 bits per heavy atom. The van der Waals surface area contributed by atoms with E-state index in [1.165, 1.54) is 0 Å². The zero-order valence-electron chi connectivity index (χ0n) is 8.23. The molecule has 1 aromatic carbocycles. The summed E-state index contributed by atoms with van der Waals surface area (Å²) in [5, 5.41) is 4.77. The first kappa shape index (κ1) is 11.2. The summed E-state index contributed by atoms with van der Waals surface area (Å²) in [7, 11) is 0. The molecule has 1 aromatic heterocycles. The molecule has 1 heterocycles. The summed E-state index contributed by atoms with van der Waals surface area (Å²) in [5.41, 5.74) is 1.76. The molecule has 0 atom stereocenters. The van der Waals surface area contributed by atoms with Crippen molar-refractivity contribution in [1.82, 2.24) is 9.78 Å². The monoisotopic (exact) mass is 254 g/mol. The SMILES string of the molecule is O=Cc1cn(-c2ccccc2Cl)nc1CCl. The number of benzene rings is 1. The molecule has 0 N–H and O–H groups in total. The van der Waals surface area contributed by atoms with Gasteiger partial charge in [0.2, 0.25) is 0 Å². The number of rotatable bonds is 3. The van der Waals surface area contributed by atoms with Gasteiger partial charge >= 0.3 is 0 Å². The van der Waals surface area contributed by atoms with Gasteiger partial charge in [-0.1, -0.05) is 23.7 Å². The third kappa shape index (κ3) is 1.96. The van der Waals surface area contributed by atoms with E-state index in [9.17, 15) is 4.79 Å². The van der Waals surface area contributed by atoms with Gasteiger partial charge in [-0.15, -0.1) is 11.6 Å². The molecule has 0 saturated carbocycles. The minimum absolute atomic E-state index is 0.200. The third-order valence-electron chi connectivity index (χ3n) is 2.18. The normalized spacial score (nSPS) is 10.4. The van der Waals surface area contributed by atoms with Crippen LogP contribution in [-0.2, 0) is 5.88 Å². The molecule has 0 saturated heterocycles. The van der Waals surface area contributed by atoms with Gasteiger partial charge in [-0.2, -0.15) is 5.10 Å². The molecular formula is C11H8Cl2N2O. The Labute approximate surface area is 103 Å². The van der Waals surface area contributed by atoms with Gasteiger partial charge in [-0.3, -0.25) is 4.79 Å². The van der Waals surface area contributed by atoms with Gasteiger partial charge in [-0.25, -0.2) is 4.68 Å². The molecule has 0 aliphatic carbocycles. The number of alkyl halides is 1.